The highest BCUT2D eigenvalue weighted by Gasteiger charge is 2.13. The van der Waals surface area contributed by atoms with E-state index < -0.39 is 0 Å². The molecule has 2 N–H and O–H groups in total. The first kappa shape index (κ1) is 20.2. The number of pyridine rings is 1. The van der Waals surface area contributed by atoms with Crippen LogP contribution in [0.3, 0.4) is 0 Å². The van der Waals surface area contributed by atoms with E-state index in [2.05, 4.69) is 10.6 Å². The summed E-state index contributed by atoms with van der Waals surface area (Å²) in [6.45, 7) is 5.67. The van der Waals surface area contributed by atoms with Gasteiger partial charge in [-0.2, -0.15) is 0 Å². The fourth-order valence-electron chi connectivity index (χ4n) is 2.48. The molecule has 7 nitrogen and oxygen atoms in total. The summed E-state index contributed by atoms with van der Waals surface area (Å²) in [7, 11) is 1.53. The van der Waals surface area contributed by atoms with Crippen LogP contribution in [-0.4, -0.2) is 23.5 Å². The standard InChI is InChI=1S/C20H25N3O4/c1-13(2)20(26)22-16-9-8-15(27-4)12-17(16)21-18(24)10-11-23-14(3)6-5-7-19(23)25/h5-9,12-13H,10-11H2,1-4H3,(H,21,24)(H,22,26). The van der Waals surface area contributed by atoms with Crippen LogP contribution < -0.4 is 20.9 Å². The molecule has 0 aliphatic heterocycles. The van der Waals surface area contributed by atoms with Crippen LogP contribution in [0.5, 0.6) is 5.75 Å². The summed E-state index contributed by atoms with van der Waals surface area (Å²) in [5, 5.41) is 5.58. The Balaban J connectivity index is 2.13. The van der Waals surface area contributed by atoms with Crippen LogP contribution in [0.25, 0.3) is 0 Å². The molecule has 0 unspecified atom stereocenters. The van der Waals surface area contributed by atoms with Gasteiger partial charge in [0.2, 0.25) is 11.8 Å². The Kier molecular flexibility index (Phi) is 6.76. The number of aromatic nitrogens is 1. The highest BCUT2D eigenvalue weighted by molar-refractivity contribution is 6.00. The van der Waals surface area contributed by atoms with Crippen molar-refractivity contribution >= 4 is 23.2 Å². The van der Waals surface area contributed by atoms with Gasteiger partial charge in [-0.05, 0) is 25.1 Å². The molecule has 0 fully saturated rings. The molecular formula is C20H25N3O4. The monoisotopic (exact) mass is 371 g/mol. The minimum Gasteiger partial charge on any atom is -0.497 e. The van der Waals surface area contributed by atoms with E-state index in [0.717, 1.165) is 5.69 Å². The maximum Gasteiger partial charge on any atom is 0.250 e. The van der Waals surface area contributed by atoms with Crippen molar-refractivity contribution in [3.05, 3.63) is 52.4 Å². The van der Waals surface area contributed by atoms with Crippen molar-refractivity contribution in [2.24, 2.45) is 5.92 Å². The molecule has 2 aromatic rings. The van der Waals surface area contributed by atoms with Crippen molar-refractivity contribution in [2.75, 3.05) is 17.7 Å². The zero-order valence-corrected chi connectivity index (χ0v) is 16.0. The Hall–Kier alpha value is -3.09. The Labute approximate surface area is 158 Å². The lowest BCUT2D eigenvalue weighted by atomic mass is 10.2. The number of ether oxygens (including phenoxy) is 1. The molecule has 0 saturated carbocycles. The smallest absolute Gasteiger partial charge is 0.250 e. The summed E-state index contributed by atoms with van der Waals surface area (Å²) in [4.78, 5) is 36.3. The van der Waals surface area contributed by atoms with Crippen molar-refractivity contribution in [2.45, 2.75) is 33.7 Å². The highest BCUT2D eigenvalue weighted by Crippen LogP contribution is 2.27. The number of carbonyl (C=O) groups excluding carboxylic acids is 2. The average molecular weight is 371 g/mol. The molecule has 1 aromatic heterocycles. The largest absolute Gasteiger partial charge is 0.497 e. The lowest BCUT2D eigenvalue weighted by molar-refractivity contribution is -0.119. The van der Waals surface area contributed by atoms with E-state index in [-0.39, 0.29) is 36.3 Å². The van der Waals surface area contributed by atoms with E-state index in [4.69, 9.17) is 4.74 Å². The molecule has 2 rings (SSSR count). The second-order valence-corrected chi connectivity index (χ2v) is 6.51. The number of nitrogens with zero attached hydrogens (tertiary/aromatic N) is 1. The van der Waals surface area contributed by atoms with Crippen molar-refractivity contribution < 1.29 is 14.3 Å². The summed E-state index contributed by atoms with van der Waals surface area (Å²) in [6, 6.07) is 10.0. The van der Waals surface area contributed by atoms with Gasteiger partial charge in [0.1, 0.15) is 5.75 Å². The van der Waals surface area contributed by atoms with Gasteiger partial charge in [-0.3, -0.25) is 14.4 Å². The van der Waals surface area contributed by atoms with Crippen molar-refractivity contribution in [1.82, 2.24) is 4.57 Å². The van der Waals surface area contributed by atoms with Crippen LogP contribution in [0.2, 0.25) is 0 Å². The fourth-order valence-corrected chi connectivity index (χ4v) is 2.48. The molecule has 0 saturated heterocycles. The van der Waals surface area contributed by atoms with Gasteiger partial charge < -0.3 is 19.9 Å². The first-order chi connectivity index (χ1) is 12.8. The first-order valence-electron chi connectivity index (χ1n) is 8.77. The molecule has 0 aliphatic carbocycles. The van der Waals surface area contributed by atoms with Gasteiger partial charge in [0.15, 0.2) is 0 Å². The summed E-state index contributed by atoms with van der Waals surface area (Å²) in [5.74, 6) is -0.0490. The molecule has 0 aliphatic rings. The summed E-state index contributed by atoms with van der Waals surface area (Å²) < 4.78 is 6.74. The maximum atomic E-state index is 12.4. The molecule has 1 heterocycles. The number of rotatable bonds is 7. The number of aryl methyl sites for hydroxylation is 1. The number of methoxy groups -OCH3 is 1. The molecule has 2 amide bonds. The van der Waals surface area contributed by atoms with Crippen molar-refractivity contribution in [1.29, 1.82) is 0 Å². The molecule has 7 heteroatoms. The van der Waals surface area contributed by atoms with Crippen LogP contribution in [0, 0.1) is 12.8 Å². The van der Waals surface area contributed by atoms with Gasteiger partial charge in [-0.15, -0.1) is 0 Å². The average Bonchev–Trinajstić information content (AvgIpc) is 2.62. The zero-order chi connectivity index (χ0) is 20.0. The molecular weight excluding hydrogens is 346 g/mol. The number of carbonyl (C=O) groups is 2. The van der Waals surface area contributed by atoms with E-state index in [1.165, 1.54) is 13.2 Å². The quantitative estimate of drug-likeness (QED) is 0.783. The third kappa shape index (κ3) is 5.44. The third-order valence-electron chi connectivity index (χ3n) is 4.11. The van der Waals surface area contributed by atoms with E-state index in [9.17, 15) is 14.4 Å². The van der Waals surface area contributed by atoms with Crippen LogP contribution in [0.15, 0.2) is 41.2 Å². The Morgan fingerprint density at radius 2 is 1.85 bits per heavy atom. The number of anilines is 2. The Morgan fingerprint density at radius 3 is 2.48 bits per heavy atom. The summed E-state index contributed by atoms with van der Waals surface area (Å²) >= 11 is 0. The third-order valence-corrected chi connectivity index (χ3v) is 4.11. The van der Waals surface area contributed by atoms with Crippen LogP contribution >= 0.6 is 0 Å². The molecule has 144 valence electrons. The van der Waals surface area contributed by atoms with E-state index >= 15 is 0 Å². The van der Waals surface area contributed by atoms with Crippen molar-refractivity contribution in [3.63, 3.8) is 0 Å². The van der Waals surface area contributed by atoms with Gasteiger partial charge >= 0.3 is 0 Å². The topological polar surface area (TPSA) is 89.4 Å². The van der Waals surface area contributed by atoms with Crippen molar-refractivity contribution in [3.8, 4) is 5.75 Å². The predicted molar refractivity (Wildman–Crippen MR) is 105 cm³/mol. The number of hydrogen-bond acceptors (Lipinski definition) is 4. The maximum absolute atomic E-state index is 12.4. The predicted octanol–water partition coefficient (Wildman–Crippen LogP) is 2.79. The van der Waals surface area contributed by atoms with E-state index in [1.54, 1.807) is 42.7 Å². The van der Waals surface area contributed by atoms with Gasteiger partial charge in [-0.25, -0.2) is 0 Å². The van der Waals surface area contributed by atoms with Gasteiger partial charge in [-0.1, -0.05) is 19.9 Å². The second-order valence-electron chi connectivity index (χ2n) is 6.51. The zero-order valence-electron chi connectivity index (χ0n) is 16.0. The lowest BCUT2D eigenvalue weighted by Crippen LogP contribution is -2.24. The Bertz CT molecular complexity index is 887. The van der Waals surface area contributed by atoms with Gasteiger partial charge in [0, 0.05) is 36.7 Å². The minimum absolute atomic E-state index is 0.125. The molecule has 1 aromatic carbocycles. The second kappa shape index (κ2) is 9.02. The molecule has 0 bridgehead atoms. The number of benzene rings is 1. The number of hydrogen-bond donors (Lipinski definition) is 2. The molecule has 0 spiro atoms. The molecule has 0 atom stereocenters. The van der Waals surface area contributed by atoms with Crippen LogP contribution in [0.1, 0.15) is 26.0 Å². The minimum atomic E-state index is -0.265. The van der Waals surface area contributed by atoms with Gasteiger partial charge in [0.05, 0.1) is 18.5 Å². The first-order valence-corrected chi connectivity index (χ1v) is 8.77. The fraction of sp³-hybridized carbons (Fsp3) is 0.350. The number of nitrogens with one attached hydrogen (secondary N) is 2. The van der Waals surface area contributed by atoms with Crippen LogP contribution in [-0.2, 0) is 16.1 Å². The summed E-state index contributed by atoms with van der Waals surface area (Å²) in [6.07, 6.45) is 0.125. The normalized spacial score (nSPS) is 10.6. The molecule has 0 radical (unpaired) electrons. The molecule has 27 heavy (non-hydrogen) atoms. The van der Waals surface area contributed by atoms with Gasteiger partial charge in [0.25, 0.3) is 5.56 Å². The SMILES string of the molecule is COc1ccc(NC(=O)C(C)C)c(NC(=O)CCn2c(C)cccc2=O)c1. The summed E-state index contributed by atoms with van der Waals surface area (Å²) in [5.41, 5.74) is 1.59. The van der Waals surface area contributed by atoms with Crippen LogP contribution in [0.4, 0.5) is 11.4 Å². The number of amides is 2. The highest BCUT2D eigenvalue weighted by atomic mass is 16.5. The Morgan fingerprint density at radius 1 is 1.11 bits per heavy atom. The van der Waals surface area contributed by atoms with E-state index in [0.29, 0.717) is 17.1 Å². The lowest BCUT2D eigenvalue weighted by Gasteiger charge is -2.15. The van der Waals surface area contributed by atoms with E-state index in [1.807, 2.05) is 13.0 Å².